The third kappa shape index (κ3) is 4.98. The molecular formula is C22H33N3O3. The summed E-state index contributed by atoms with van der Waals surface area (Å²) in [5.74, 6) is 1.39. The molecule has 1 N–H and O–H groups in total. The summed E-state index contributed by atoms with van der Waals surface area (Å²) < 4.78 is 12.9. The van der Waals surface area contributed by atoms with Crippen LogP contribution in [0.15, 0.2) is 24.4 Å². The van der Waals surface area contributed by atoms with E-state index in [0.717, 1.165) is 31.8 Å². The van der Waals surface area contributed by atoms with E-state index < -0.39 is 5.60 Å². The molecule has 2 atom stereocenters. The lowest BCUT2D eigenvalue weighted by molar-refractivity contribution is 0.0450. The van der Waals surface area contributed by atoms with Crippen molar-refractivity contribution < 1.29 is 14.3 Å². The maximum Gasteiger partial charge on any atom is 0.407 e. The smallest absolute Gasteiger partial charge is 0.407 e. The van der Waals surface area contributed by atoms with Crippen molar-refractivity contribution in [2.45, 2.75) is 52.3 Å². The summed E-state index contributed by atoms with van der Waals surface area (Å²) in [6.45, 7) is 10.6. The Morgan fingerprint density at radius 1 is 1.29 bits per heavy atom. The lowest BCUT2D eigenvalue weighted by atomic mass is 9.95. The summed E-state index contributed by atoms with van der Waals surface area (Å²) in [5.41, 5.74) is 1.99. The highest BCUT2D eigenvalue weighted by Crippen LogP contribution is 2.27. The molecule has 0 aliphatic carbocycles. The molecule has 28 heavy (non-hydrogen) atoms. The number of benzene rings is 1. The number of alkyl carbamates (subject to hydrolysis) is 1. The molecular weight excluding hydrogens is 354 g/mol. The molecule has 1 amide bonds. The lowest BCUT2D eigenvalue weighted by Gasteiger charge is -2.37. The number of aromatic nitrogens is 1. The Balaban J connectivity index is 1.70. The van der Waals surface area contributed by atoms with Gasteiger partial charge in [-0.2, -0.15) is 0 Å². The normalized spacial score (nSPS) is 20.9. The van der Waals surface area contributed by atoms with Crippen LogP contribution in [0.5, 0.6) is 5.75 Å². The average molecular weight is 388 g/mol. The molecule has 1 aliphatic heterocycles. The van der Waals surface area contributed by atoms with Crippen molar-refractivity contribution in [3.8, 4) is 5.75 Å². The van der Waals surface area contributed by atoms with Gasteiger partial charge in [-0.05, 0) is 50.8 Å². The number of methoxy groups -OCH3 is 1. The molecule has 3 rings (SSSR count). The molecule has 1 aromatic heterocycles. The number of likely N-dealkylation sites (tertiary alicyclic amines) is 1. The van der Waals surface area contributed by atoms with Crippen molar-refractivity contribution in [3.05, 3.63) is 30.0 Å². The predicted molar refractivity (Wildman–Crippen MR) is 112 cm³/mol. The fourth-order valence-electron chi connectivity index (χ4n) is 4.11. The van der Waals surface area contributed by atoms with Crippen molar-refractivity contribution >= 4 is 17.0 Å². The Morgan fingerprint density at radius 2 is 2.04 bits per heavy atom. The van der Waals surface area contributed by atoms with E-state index in [4.69, 9.17) is 9.47 Å². The van der Waals surface area contributed by atoms with Crippen molar-refractivity contribution in [1.29, 1.82) is 0 Å². The second-order valence-corrected chi connectivity index (χ2v) is 9.03. The number of piperidine rings is 1. The van der Waals surface area contributed by atoms with Gasteiger partial charge in [-0.1, -0.05) is 6.92 Å². The first-order valence-corrected chi connectivity index (χ1v) is 9.98. The number of carbonyl (C=O) groups is 1. The third-order valence-electron chi connectivity index (χ3n) is 5.13. The quantitative estimate of drug-likeness (QED) is 0.864. The molecule has 0 unspecified atom stereocenters. The minimum absolute atomic E-state index is 0.105. The van der Waals surface area contributed by atoms with Crippen molar-refractivity contribution in [2.24, 2.45) is 13.0 Å². The number of amides is 1. The number of aryl methyl sites for hydroxylation is 1. The topological polar surface area (TPSA) is 55.7 Å². The van der Waals surface area contributed by atoms with E-state index in [0.29, 0.717) is 5.92 Å². The zero-order valence-corrected chi connectivity index (χ0v) is 17.9. The monoisotopic (exact) mass is 387 g/mol. The van der Waals surface area contributed by atoms with Gasteiger partial charge < -0.3 is 19.4 Å². The zero-order valence-electron chi connectivity index (χ0n) is 17.9. The molecule has 0 saturated carbocycles. The van der Waals surface area contributed by atoms with E-state index in [2.05, 4.69) is 47.1 Å². The molecule has 6 nitrogen and oxygen atoms in total. The first kappa shape index (κ1) is 20.5. The van der Waals surface area contributed by atoms with Crippen LogP contribution in [0.3, 0.4) is 0 Å². The Morgan fingerprint density at radius 3 is 2.71 bits per heavy atom. The van der Waals surface area contributed by atoms with Gasteiger partial charge in [-0.3, -0.25) is 4.90 Å². The number of hydrogen-bond acceptors (Lipinski definition) is 4. The van der Waals surface area contributed by atoms with Crippen LogP contribution in [0.1, 0.15) is 39.7 Å². The first-order valence-electron chi connectivity index (χ1n) is 9.98. The fraction of sp³-hybridized carbons (Fsp3) is 0.591. The number of hydrogen-bond donors (Lipinski definition) is 1. The Bertz CT molecular complexity index is 837. The summed E-state index contributed by atoms with van der Waals surface area (Å²) in [6, 6.07) is 6.32. The van der Waals surface area contributed by atoms with Crippen LogP contribution >= 0.6 is 0 Å². The molecule has 0 spiro atoms. The van der Waals surface area contributed by atoms with Gasteiger partial charge in [0.05, 0.1) is 12.6 Å². The number of ether oxygens (including phenoxy) is 2. The average Bonchev–Trinajstić information content (AvgIpc) is 2.87. The standard InChI is InChI=1S/C22H33N3O3/c1-15-9-17(23-21(26)28-22(2,3)4)14-25(11-15)13-16-12-24(5)20-10-18(27-6)7-8-19(16)20/h7-8,10,12,15,17H,9,11,13-14H2,1-6H3,(H,23,26)/t15-,17+/m0/s1. The van der Waals surface area contributed by atoms with Gasteiger partial charge in [-0.15, -0.1) is 0 Å². The molecule has 1 aliphatic rings. The molecule has 154 valence electrons. The van der Waals surface area contributed by atoms with Crippen LogP contribution in [-0.2, 0) is 18.3 Å². The highest BCUT2D eigenvalue weighted by molar-refractivity contribution is 5.85. The molecule has 6 heteroatoms. The molecule has 1 aromatic carbocycles. The van der Waals surface area contributed by atoms with Crippen molar-refractivity contribution in [1.82, 2.24) is 14.8 Å². The first-order chi connectivity index (χ1) is 13.1. The van der Waals surface area contributed by atoms with Crippen LogP contribution in [0.2, 0.25) is 0 Å². The van der Waals surface area contributed by atoms with Crippen LogP contribution in [-0.4, -0.2) is 47.4 Å². The lowest BCUT2D eigenvalue weighted by Crippen LogP contribution is -2.50. The van der Waals surface area contributed by atoms with Crippen LogP contribution in [0.4, 0.5) is 4.79 Å². The van der Waals surface area contributed by atoms with Crippen LogP contribution in [0.25, 0.3) is 10.9 Å². The number of fused-ring (bicyclic) bond motifs is 1. The van der Waals surface area contributed by atoms with Gasteiger partial charge in [0.25, 0.3) is 0 Å². The molecule has 2 heterocycles. The minimum atomic E-state index is -0.478. The maximum atomic E-state index is 12.2. The van der Waals surface area contributed by atoms with Gasteiger partial charge in [0, 0.05) is 50.4 Å². The second-order valence-electron chi connectivity index (χ2n) is 9.03. The third-order valence-corrected chi connectivity index (χ3v) is 5.13. The second kappa shape index (κ2) is 8.03. The molecule has 2 aromatic rings. The highest BCUT2D eigenvalue weighted by Gasteiger charge is 2.28. The van der Waals surface area contributed by atoms with E-state index in [1.54, 1.807) is 7.11 Å². The van der Waals surface area contributed by atoms with Crippen LogP contribution in [0, 0.1) is 5.92 Å². The number of nitrogens with one attached hydrogen (secondary N) is 1. The van der Waals surface area contributed by atoms with Crippen LogP contribution < -0.4 is 10.1 Å². The number of nitrogens with zero attached hydrogens (tertiary/aromatic N) is 2. The molecule has 0 radical (unpaired) electrons. The summed E-state index contributed by atoms with van der Waals surface area (Å²) in [4.78, 5) is 14.6. The molecule has 1 fully saturated rings. The van der Waals surface area contributed by atoms with E-state index in [1.165, 1.54) is 16.5 Å². The fourth-order valence-corrected chi connectivity index (χ4v) is 4.11. The summed E-state index contributed by atoms with van der Waals surface area (Å²) in [7, 11) is 3.76. The largest absolute Gasteiger partial charge is 0.497 e. The van der Waals surface area contributed by atoms with Gasteiger partial charge in [0.15, 0.2) is 0 Å². The van der Waals surface area contributed by atoms with Crippen molar-refractivity contribution in [3.63, 3.8) is 0 Å². The Hall–Kier alpha value is -2.21. The SMILES string of the molecule is COc1ccc2c(CN3C[C@@H](C)C[C@@H](NC(=O)OC(C)(C)C)C3)cn(C)c2c1. The number of carbonyl (C=O) groups excluding carboxylic acids is 1. The zero-order chi connectivity index (χ0) is 20.5. The van der Waals surface area contributed by atoms with E-state index >= 15 is 0 Å². The van der Waals surface area contributed by atoms with Gasteiger partial charge in [0.2, 0.25) is 0 Å². The van der Waals surface area contributed by atoms with E-state index in [1.807, 2.05) is 26.8 Å². The minimum Gasteiger partial charge on any atom is -0.497 e. The van der Waals surface area contributed by atoms with Crippen molar-refractivity contribution in [2.75, 3.05) is 20.2 Å². The molecule has 0 bridgehead atoms. The Kier molecular flexibility index (Phi) is 5.89. The van der Waals surface area contributed by atoms with Gasteiger partial charge >= 0.3 is 6.09 Å². The van der Waals surface area contributed by atoms with Gasteiger partial charge in [-0.25, -0.2) is 4.79 Å². The summed E-state index contributed by atoms with van der Waals surface area (Å²) in [6.07, 6.45) is 2.84. The highest BCUT2D eigenvalue weighted by atomic mass is 16.6. The Labute approximate surface area is 167 Å². The summed E-state index contributed by atoms with van der Waals surface area (Å²) in [5, 5.41) is 4.30. The van der Waals surface area contributed by atoms with E-state index in [9.17, 15) is 4.79 Å². The number of rotatable bonds is 4. The van der Waals surface area contributed by atoms with E-state index in [-0.39, 0.29) is 12.1 Å². The maximum absolute atomic E-state index is 12.2. The summed E-state index contributed by atoms with van der Waals surface area (Å²) >= 11 is 0. The predicted octanol–water partition coefficient (Wildman–Crippen LogP) is 3.92. The molecule has 1 saturated heterocycles. The van der Waals surface area contributed by atoms with Gasteiger partial charge in [0.1, 0.15) is 11.4 Å².